The van der Waals surface area contributed by atoms with Gasteiger partial charge in [-0.3, -0.25) is 28.8 Å². The molecule has 4 amide bonds. The summed E-state index contributed by atoms with van der Waals surface area (Å²) < 4.78 is 1.63. The lowest BCUT2D eigenvalue weighted by atomic mass is 10.0. The summed E-state index contributed by atoms with van der Waals surface area (Å²) in [5.41, 5.74) is 1.70. The van der Waals surface area contributed by atoms with Crippen molar-refractivity contribution in [2.45, 2.75) is 44.4 Å². The standard InChI is InChI=1S/C27H30N8O4/c36-24-10-6-12-34-17-20(31-32-34)16-29-25(37)23-18-33(26(38)21-9-4-5-11-28-21)13-14-35(23)27(39)22(30-24)15-19-7-2-1-3-8-19/h1-5,7-9,11,17,22-23H,6,10,12-16,18H2,(H,29,37)(H,30,36)/t22-,23+/m0/s1. The summed E-state index contributed by atoms with van der Waals surface area (Å²) in [5, 5.41) is 13.9. The van der Waals surface area contributed by atoms with Crippen LogP contribution in [0.25, 0.3) is 0 Å². The summed E-state index contributed by atoms with van der Waals surface area (Å²) >= 11 is 0. The summed E-state index contributed by atoms with van der Waals surface area (Å²) in [6, 6.07) is 12.6. The summed E-state index contributed by atoms with van der Waals surface area (Å²) in [6.45, 7) is 0.949. The first-order valence-electron chi connectivity index (χ1n) is 13.0. The van der Waals surface area contributed by atoms with Crippen LogP contribution in [0.5, 0.6) is 0 Å². The van der Waals surface area contributed by atoms with E-state index in [1.165, 1.54) is 16.0 Å². The number of nitrogens with zero attached hydrogens (tertiary/aromatic N) is 6. The van der Waals surface area contributed by atoms with Crippen LogP contribution in [0.2, 0.25) is 0 Å². The quantitative estimate of drug-likeness (QED) is 0.491. The monoisotopic (exact) mass is 530 g/mol. The van der Waals surface area contributed by atoms with E-state index in [0.717, 1.165) is 5.56 Å². The van der Waals surface area contributed by atoms with Gasteiger partial charge in [0.25, 0.3) is 5.91 Å². The third-order valence-corrected chi connectivity index (χ3v) is 6.87. The van der Waals surface area contributed by atoms with Crippen LogP contribution in [0, 0.1) is 0 Å². The number of piperazine rings is 1. The van der Waals surface area contributed by atoms with Crippen LogP contribution in [0.15, 0.2) is 60.9 Å². The van der Waals surface area contributed by atoms with E-state index in [1.807, 2.05) is 30.3 Å². The van der Waals surface area contributed by atoms with E-state index in [1.54, 1.807) is 29.1 Å². The summed E-state index contributed by atoms with van der Waals surface area (Å²) in [4.78, 5) is 60.6. The highest BCUT2D eigenvalue weighted by Crippen LogP contribution is 2.17. The smallest absolute Gasteiger partial charge is 0.272 e. The van der Waals surface area contributed by atoms with E-state index in [9.17, 15) is 19.2 Å². The molecule has 1 saturated heterocycles. The zero-order valence-electron chi connectivity index (χ0n) is 21.4. The molecule has 0 spiro atoms. The van der Waals surface area contributed by atoms with Crippen LogP contribution in [-0.4, -0.2) is 85.1 Å². The molecule has 2 N–H and O–H groups in total. The number of nitrogens with one attached hydrogen (secondary N) is 2. The number of hydrogen-bond acceptors (Lipinski definition) is 7. The van der Waals surface area contributed by atoms with Crippen molar-refractivity contribution in [2.24, 2.45) is 0 Å². The molecule has 12 heteroatoms. The third-order valence-electron chi connectivity index (χ3n) is 6.87. The number of hydrogen-bond donors (Lipinski definition) is 2. The molecule has 2 bridgehead atoms. The second kappa shape index (κ2) is 11.8. The van der Waals surface area contributed by atoms with Crippen LogP contribution in [0.1, 0.15) is 34.6 Å². The van der Waals surface area contributed by atoms with E-state index in [2.05, 4.69) is 25.9 Å². The maximum absolute atomic E-state index is 13.9. The maximum Gasteiger partial charge on any atom is 0.272 e. The van der Waals surface area contributed by atoms with Gasteiger partial charge in [0.15, 0.2) is 0 Å². The van der Waals surface area contributed by atoms with Crippen molar-refractivity contribution >= 4 is 23.6 Å². The maximum atomic E-state index is 13.9. The molecule has 3 aromatic rings. The molecule has 0 radical (unpaired) electrons. The van der Waals surface area contributed by atoms with Gasteiger partial charge < -0.3 is 20.4 Å². The highest BCUT2D eigenvalue weighted by molar-refractivity contribution is 5.95. The van der Waals surface area contributed by atoms with Gasteiger partial charge in [0.05, 0.1) is 19.3 Å². The number of aryl methyl sites for hydroxylation is 1. The molecule has 4 heterocycles. The number of benzene rings is 1. The lowest BCUT2D eigenvalue weighted by Crippen LogP contribution is -2.64. The normalized spacial score (nSPS) is 20.8. The molecule has 12 nitrogen and oxygen atoms in total. The second-order valence-corrected chi connectivity index (χ2v) is 9.62. The predicted molar refractivity (Wildman–Crippen MR) is 139 cm³/mol. The van der Waals surface area contributed by atoms with Gasteiger partial charge in [-0.05, 0) is 24.1 Å². The first-order chi connectivity index (χ1) is 19.0. The number of rotatable bonds is 3. The Morgan fingerprint density at radius 3 is 2.62 bits per heavy atom. The van der Waals surface area contributed by atoms with E-state index < -0.39 is 18.0 Å². The van der Waals surface area contributed by atoms with Crippen LogP contribution in [0.4, 0.5) is 0 Å². The lowest BCUT2D eigenvalue weighted by Gasteiger charge is -2.41. The van der Waals surface area contributed by atoms with Crippen LogP contribution >= 0.6 is 0 Å². The Kier molecular flexibility index (Phi) is 7.90. The van der Waals surface area contributed by atoms with Gasteiger partial charge in [0.1, 0.15) is 23.5 Å². The molecule has 1 fully saturated rings. The molecule has 2 atom stereocenters. The lowest BCUT2D eigenvalue weighted by molar-refractivity contribution is -0.146. The van der Waals surface area contributed by atoms with Gasteiger partial charge in [-0.2, -0.15) is 0 Å². The van der Waals surface area contributed by atoms with E-state index in [4.69, 9.17) is 0 Å². The van der Waals surface area contributed by atoms with E-state index in [-0.39, 0.29) is 62.4 Å². The fourth-order valence-corrected chi connectivity index (χ4v) is 4.85. The summed E-state index contributed by atoms with van der Waals surface area (Å²) in [7, 11) is 0. The number of carbonyl (C=O) groups is 4. The molecule has 202 valence electrons. The van der Waals surface area contributed by atoms with Crippen molar-refractivity contribution in [3.05, 3.63) is 77.9 Å². The Hall–Kier alpha value is -4.61. The molecule has 0 aliphatic carbocycles. The average Bonchev–Trinajstić information content (AvgIpc) is 3.42. The van der Waals surface area contributed by atoms with E-state index >= 15 is 0 Å². The average molecular weight is 531 g/mol. The van der Waals surface area contributed by atoms with Crippen molar-refractivity contribution in [1.29, 1.82) is 0 Å². The van der Waals surface area contributed by atoms with E-state index in [0.29, 0.717) is 18.7 Å². The number of pyridine rings is 1. The van der Waals surface area contributed by atoms with Gasteiger partial charge in [0, 0.05) is 38.7 Å². The topological polar surface area (TPSA) is 142 Å². The zero-order valence-corrected chi connectivity index (χ0v) is 21.4. The molecule has 0 saturated carbocycles. The van der Waals surface area contributed by atoms with Gasteiger partial charge in [-0.1, -0.05) is 41.6 Å². The summed E-state index contributed by atoms with van der Waals surface area (Å²) in [5.74, 6) is -1.36. The minimum atomic E-state index is -0.964. The minimum Gasteiger partial charge on any atom is -0.348 e. The third kappa shape index (κ3) is 6.28. The molecule has 2 aliphatic rings. The van der Waals surface area contributed by atoms with Crippen molar-refractivity contribution in [2.75, 3.05) is 19.6 Å². The van der Waals surface area contributed by atoms with Gasteiger partial charge >= 0.3 is 0 Å². The first-order valence-corrected chi connectivity index (χ1v) is 13.0. The minimum absolute atomic E-state index is 0.00826. The molecular formula is C27H30N8O4. The van der Waals surface area contributed by atoms with Crippen molar-refractivity contribution < 1.29 is 19.2 Å². The zero-order chi connectivity index (χ0) is 27.2. The highest BCUT2D eigenvalue weighted by atomic mass is 16.2. The molecule has 5 rings (SSSR count). The number of fused-ring (bicyclic) bond motifs is 3. The number of amides is 4. The largest absolute Gasteiger partial charge is 0.348 e. The number of aromatic nitrogens is 4. The van der Waals surface area contributed by atoms with Gasteiger partial charge in [0.2, 0.25) is 17.7 Å². The Morgan fingerprint density at radius 1 is 1.00 bits per heavy atom. The van der Waals surface area contributed by atoms with Crippen molar-refractivity contribution in [3.63, 3.8) is 0 Å². The fraction of sp³-hybridized carbons (Fsp3) is 0.370. The second-order valence-electron chi connectivity index (χ2n) is 9.62. The predicted octanol–water partition coefficient (Wildman–Crippen LogP) is 0.164. The Bertz CT molecular complexity index is 1330. The molecular weight excluding hydrogens is 500 g/mol. The molecule has 0 unspecified atom stereocenters. The Morgan fingerprint density at radius 2 is 1.82 bits per heavy atom. The van der Waals surface area contributed by atoms with Crippen molar-refractivity contribution in [3.8, 4) is 0 Å². The molecule has 1 aromatic carbocycles. The van der Waals surface area contributed by atoms with Crippen LogP contribution in [0.3, 0.4) is 0 Å². The fourth-order valence-electron chi connectivity index (χ4n) is 4.85. The molecule has 39 heavy (non-hydrogen) atoms. The highest BCUT2D eigenvalue weighted by Gasteiger charge is 2.40. The Balaban J connectivity index is 1.43. The molecule has 2 aromatic heterocycles. The first kappa shape index (κ1) is 26.0. The summed E-state index contributed by atoms with van der Waals surface area (Å²) in [6.07, 6.45) is 4.26. The van der Waals surface area contributed by atoms with Gasteiger partial charge in [-0.15, -0.1) is 5.10 Å². The Labute approximate surface area is 225 Å². The SMILES string of the molecule is O=C1CCCn2cc(nn2)CNC(=O)[C@H]2CN(C(=O)c3ccccn3)CCN2C(=O)[C@H](Cc2ccccc2)N1. The van der Waals surface area contributed by atoms with Gasteiger partial charge in [-0.25, -0.2) is 0 Å². The number of carbonyl (C=O) groups excluding carboxylic acids is 4. The molecule has 2 aliphatic heterocycles. The van der Waals surface area contributed by atoms with Crippen molar-refractivity contribution in [1.82, 2.24) is 40.4 Å². The van der Waals surface area contributed by atoms with Crippen LogP contribution in [-0.2, 0) is 33.9 Å². The van der Waals surface area contributed by atoms with Crippen LogP contribution < -0.4 is 10.6 Å².